The van der Waals surface area contributed by atoms with Gasteiger partial charge in [-0.3, -0.25) is 0 Å². The molecule has 0 heterocycles. The Balaban J connectivity index is 2.41. The highest BCUT2D eigenvalue weighted by Gasteiger charge is 2.09. The lowest BCUT2D eigenvalue weighted by Crippen LogP contribution is -2.31. The number of unbranched alkanes of at least 4 members (excludes halogenated alkanes) is 1. The SMILES string of the molecule is C=CCCCC(CSc1ccccc1F)NCC. The van der Waals surface area contributed by atoms with E-state index in [1.807, 2.05) is 18.2 Å². The van der Waals surface area contributed by atoms with Gasteiger partial charge >= 0.3 is 0 Å². The first-order valence-corrected chi connectivity index (χ1v) is 7.48. The molecule has 100 valence electrons. The number of halogens is 1. The molecule has 0 fully saturated rings. The van der Waals surface area contributed by atoms with E-state index < -0.39 is 0 Å². The van der Waals surface area contributed by atoms with Crippen LogP contribution in [0, 0.1) is 5.82 Å². The van der Waals surface area contributed by atoms with Gasteiger partial charge in [-0.1, -0.05) is 25.1 Å². The fourth-order valence-corrected chi connectivity index (χ4v) is 2.84. The van der Waals surface area contributed by atoms with E-state index in [1.165, 1.54) is 6.07 Å². The number of hydrogen-bond acceptors (Lipinski definition) is 2. The summed E-state index contributed by atoms with van der Waals surface area (Å²) < 4.78 is 13.5. The Morgan fingerprint density at radius 1 is 1.44 bits per heavy atom. The molecule has 0 aliphatic rings. The molecule has 0 bridgehead atoms. The lowest BCUT2D eigenvalue weighted by atomic mass is 10.1. The maximum absolute atomic E-state index is 13.5. The zero-order valence-electron chi connectivity index (χ0n) is 11.0. The highest BCUT2D eigenvalue weighted by molar-refractivity contribution is 7.99. The van der Waals surface area contributed by atoms with E-state index in [1.54, 1.807) is 17.8 Å². The van der Waals surface area contributed by atoms with Crippen LogP contribution in [-0.4, -0.2) is 18.3 Å². The fraction of sp³-hybridized carbons (Fsp3) is 0.467. The highest BCUT2D eigenvalue weighted by Crippen LogP contribution is 2.22. The second-order valence-electron chi connectivity index (χ2n) is 4.22. The van der Waals surface area contributed by atoms with E-state index in [-0.39, 0.29) is 5.82 Å². The van der Waals surface area contributed by atoms with Crippen molar-refractivity contribution in [2.24, 2.45) is 0 Å². The van der Waals surface area contributed by atoms with Crippen LogP contribution in [0.1, 0.15) is 26.2 Å². The Bertz CT molecular complexity index is 354. The minimum absolute atomic E-state index is 0.121. The smallest absolute Gasteiger partial charge is 0.136 e. The van der Waals surface area contributed by atoms with Crippen LogP contribution >= 0.6 is 11.8 Å². The molecule has 1 aromatic rings. The van der Waals surface area contributed by atoms with Gasteiger partial charge in [0.25, 0.3) is 0 Å². The van der Waals surface area contributed by atoms with Crippen molar-refractivity contribution in [3.63, 3.8) is 0 Å². The third kappa shape index (κ3) is 5.69. The predicted octanol–water partition coefficient (Wildman–Crippen LogP) is 4.25. The molecule has 18 heavy (non-hydrogen) atoms. The third-order valence-corrected chi connectivity index (χ3v) is 3.94. The van der Waals surface area contributed by atoms with Gasteiger partial charge in [-0.15, -0.1) is 18.3 Å². The van der Waals surface area contributed by atoms with E-state index in [2.05, 4.69) is 18.8 Å². The number of benzene rings is 1. The van der Waals surface area contributed by atoms with Crippen molar-refractivity contribution < 1.29 is 4.39 Å². The summed E-state index contributed by atoms with van der Waals surface area (Å²) in [5, 5.41) is 3.45. The third-order valence-electron chi connectivity index (χ3n) is 2.73. The Morgan fingerprint density at radius 2 is 2.22 bits per heavy atom. The predicted molar refractivity (Wildman–Crippen MR) is 78.6 cm³/mol. The summed E-state index contributed by atoms with van der Waals surface area (Å²) in [5.41, 5.74) is 0. The maximum Gasteiger partial charge on any atom is 0.136 e. The molecule has 0 amide bonds. The topological polar surface area (TPSA) is 12.0 Å². The Kier molecular flexibility index (Phi) is 7.78. The molecule has 1 N–H and O–H groups in total. The quantitative estimate of drug-likeness (QED) is 0.408. The number of nitrogens with one attached hydrogen (secondary N) is 1. The summed E-state index contributed by atoms with van der Waals surface area (Å²) in [4.78, 5) is 0.740. The number of rotatable bonds is 9. The van der Waals surface area contributed by atoms with E-state index in [0.717, 1.165) is 36.5 Å². The minimum Gasteiger partial charge on any atom is -0.313 e. The van der Waals surface area contributed by atoms with Gasteiger partial charge in [0.2, 0.25) is 0 Å². The van der Waals surface area contributed by atoms with E-state index >= 15 is 0 Å². The lowest BCUT2D eigenvalue weighted by Gasteiger charge is -2.17. The standard InChI is InChI=1S/C15H22FNS/c1-3-5-6-9-13(17-4-2)12-18-15-11-8-7-10-14(15)16/h3,7-8,10-11,13,17H,1,4-6,9,12H2,2H3. The van der Waals surface area contributed by atoms with Crippen LogP contribution in [0.5, 0.6) is 0 Å². The Hall–Kier alpha value is -0.800. The summed E-state index contributed by atoms with van der Waals surface area (Å²) in [5.74, 6) is 0.787. The van der Waals surface area contributed by atoms with Crippen molar-refractivity contribution in [1.29, 1.82) is 0 Å². The monoisotopic (exact) mass is 267 g/mol. The van der Waals surface area contributed by atoms with Crippen LogP contribution in [0.3, 0.4) is 0 Å². The second kappa shape index (κ2) is 9.17. The normalized spacial score (nSPS) is 12.3. The largest absolute Gasteiger partial charge is 0.313 e. The zero-order valence-corrected chi connectivity index (χ0v) is 11.8. The first-order valence-electron chi connectivity index (χ1n) is 6.49. The molecule has 0 aliphatic carbocycles. The molecule has 1 unspecified atom stereocenters. The van der Waals surface area contributed by atoms with Crippen LogP contribution in [0.25, 0.3) is 0 Å². The zero-order chi connectivity index (χ0) is 13.2. The van der Waals surface area contributed by atoms with Crippen LogP contribution in [0.15, 0.2) is 41.8 Å². The summed E-state index contributed by atoms with van der Waals surface area (Å²) in [6, 6.07) is 7.41. The number of hydrogen-bond donors (Lipinski definition) is 1. The average molecular weight is 267 g/mol. The van der Waals surface area contributed by atoms with Crippen molar-refractivity contribution in [3.8, 4) is 0 Å². The summed E-state index contributed by atoms with van der Waals surface area (Å²) in [6.45, 7) is 6.79. The number of allylic oxidation sites excluding steroid dienone is 1. The van der Waals surface area contributed by atoms with Crippen molar-refractivity contribution >= 4 is 11.8 Å². The Morgan fingerprint density at radius 3 is 2.89 bits per heavy atom. The van der Waals surface area contributed by atoms with E-state index in [4.69, 9.17) is 0 Å². The molecule has 1 nitrogen and oxygen atoms in total. The molecule has 0 saturated heterocycles. The molecule has 1 rings (SSSR count). The van der Waals surface area contributed by atoms with E-state index in [9.17, 15) is 4.39 Å². The van der Waals surface area contributed by atoms with Crippen molar-refractivity contribution in [2.45, 2.75) is 37.1 Å². The molecule has 0 aromatic heterocycles. The van der Waals surface area contributed by atoms with Gasteiger partial charge in [0, 0.05) is 16.7 Å². The maximum atomic E-state index is 13.5. The Labute approximate surface area is 114 Å². The van der Waals surface area contributed by atoms with Gasteiger partial charge in [-0.2, -0.15) is 0 Å². The van der Waals surface area contributed by atoms with Crippen LogP contribution < -0.4 is 5.32 Å². The van der Waals surface area contributed by atoms with Crippen molar-refractivity contribution in [1.82, 2.24) is 5.32 Å². The van der Waals surface area contributed by atoms with Crippen LogP contribution in [0.4, 0.5) is 4.39 Å². The first kappa shape index (κ1) is 15.3. The van der Waals surface area contributed by atoms with Crippen molar-refractivity contribution in [2.75, 3.05) is 12.3 Å². The molecule has 0 saturated carbocycles. The van der Waals surface area contributed by atoms with Gasteiger partial charge in [0.1, 0.15) is 5.82 Å². The molecule has 0 aliphatic heterocycles. The van der Waals surface area contributed by atoms with Crippen LogP contribution in [-0.2, 0) is 0 Å². The summed E-state index contributed by atoms with van der Waals surface area (Å²) in [6.07, 6.45) is 5.25. The average Bonchev–Trinajstić information content (AvgIpc) is 2.38. The second-order valence-corrected chi connectivity index (χ2v) is 5.28. The van der Waals surface area contributed by atoms with Gasteiger partial charge in [0.15, 0.2) is 0 Å². The van der Waals surface area contributed by atoms with Crippen LogP contribution in [0.2, 0.25) is 0 Å². The molecular formula is C15H22FNS. The van der Waals surface area contributed by atoms with Gasteiger partial charge in [-0.25, -0.2) is 4.39 Å². The molecular weight excluding hydrogens is 245 g/mol. The molecule has 1 atom stereocenters. The fourth-order valence-electron chi connectivity index (χ4n) is 1.79. The first-order chi connectivity index (χ1) is 8.77. The molecule has 0 spiro atoms. The number of thioether (sulfide) groups is 1. The summed E-state index contributed by atoms with van der Waals surface area (Å²) >= 11 is 1.59. The van der Waals surface area contributed by atoms with E-state index in [0.29, 0.717) is 6.04 Å². The molecule has 1 aromatic carbocycles. The minimum atomic E-state index is -0.121. The highest BCUT2D eigenvalue weighted by atomic mass is 32.2. The van der Waals surface area contributed by atoms with Gasteiger partial charge in [-0.05, 0) is 37.9 Å². The lowest BCUT2D eigenvalue weighted by molar-refractivity contribution is 0.521. The van der Waals surface area contributed by atoms with Crippen molar-refractivity contribution in [3.05, 3.63) is 42.7 Å². The van der Waals surface area contributed by atoms with Gasteiger partial charge < -0.3 is 5.32 Å². The summed E-state index contributed by atoms with van der Waals surface area (Å²) in [7, 11) is 0. The molecule has 0 radical (unpaired) electrons. The molecule has 3 heteroatoms. The van der Waals surface area contributed by atoms with Gasteiger partial charge in [0.05, 0.1) is 0 Å².